The molecule has 0 fully saturated rings. The fraction of sp³-hybridized carbons (Fsp3) is 0.0476. The first-order valence-corrected chi connectivity index (χ1v) is 9.93. The highest BCUT2D eigenvalue weighted by Gasteiger charge is 2.18. The van der Waals surface area contributed by atoms with Crippen LogP contribution in [0.25, 0.3) is 20.8 Å². The van der Waals surface area contributed by atoms with Gasteiger partial charge in [-0.3, -0.25) is 4.79 Å². The van der Waals surface area contributed by atoms with Crippen molar-refractivity contribution in [3.05, 3.63) is 76.3 Å². The second-order valence-electron chi connectivity index (χ2n) is 5.98. The Morgan fingerprint density at radius 3 is 2.68 bits per heavy atom. The van der Waals surface area contributed by atoms with Gasteiger partial charge in [-0.15, -0.1) is 11.3 Å². The highest BCUT2D eigenvalue weighted by Crippen LogP contribution is 2.40. The maximum Gasteiger partial charge on any atom is 0.255 e. The number of amides is 1. The third kappa shape index (κ3) is 3.69. The summed E-state index contributed by atoms with van der Waals surface area (Å²) in [5, 5.41) is 4.44. The first-order valence-electron chi connectivity index (χ1n) is 8.35. The number of benzene rings is 3. The van der Waals surface area contributed by atoms with E-state index < -0.39 is 0 Å². The molecular weight excluding hydrogens is 415 g/mol. The van der Waals surface area contributed by atoms with Gasteiger partial charge in [0.05, 0.1) is 28.0 Å². The lowest BCUT2D eigenvalue weighted by Crippen LogP contribution is -2.13. The van der Waals surface area contributed by atoms with Gasteiger partial charge in [-0.2, -0.15) is 0 Å². The average molecular weight is 429 g/mol. The largest absolute Gasteiger partial charge is 0.497 e. The number of fused-ring (bicyclic) bond motifs is 1. The summed E-state index contributed by atoms with van der Waals surface area (Å²) in [7, 11) is 1.55. The molecule has 1 amide bonds. The molecule has 4 rings (SSSR count). The zero-order valence-electron chi connectivity index (χ0n) is 14.7. The summed E-state index contributed by atoms with van der Waals surface area (Å²) in [5.41, 5.74) is 2.48. The Bertz CT molecular complexity index is 1160. The summed E-state index contributed by atoms with van der Waals surface area (Å²) >= 11 is 14.2. The van der Waals surface area contributed by atoms with Crippen molar-refractivity contribution in [2.75, 3.05) is 12.4 Å². The number of thiazole rings is 1. The number of nitrogens with one attached hydrogen (secondary N) is 1. The summed E-state index contributed by atoms with van der Waals surface area (Å²) in [4.78, 5) is 17.5. The second-order valence-corrected chi connectivity index (χ2v) is 7.86. The van der Waals surface area contributed by atoms with E-state index in [2.05, 4.69) is 10.3 Å². The van der Waals surface area contributed by atoms with Gasteiger partial charge in [0.1, 0.15) is 10.8 Å². The van der Waals surface area contributed by atoms with Crippen molar-refractivity contribution < 1.29 is 9.53 Å². The highest BCUT2D eigenvalue weighted by molar-refractivity contribution is 7.21. The minimum Gasteiger partial charge on any atom is -0.497 e. The van der Waals surface area contributed by atoms with Crippen molar-refractivity contribution >= 4 is 56.3 Å². The van der Waals surface area contributed by atoms with Crippen LogP contribution in [0.3, 0.4) is 0 Å². The Kier molecular flexibility index (Phi) is 5.22. The maximum atomic E-state index is 12.8. The first kappa shape index (κ1) is 18.7. The van der Waals surface area contributed by atoms with Crippen molar-refractivity contribution in [2.45, 2.75) is 0 Å². The molecule has 140 valence electrons. The number of ether oxygens (including phenoxy) is 1. The minimum absolute atomic E-state index is 0.300. The number of rotatable bonds is 4. The van der Waals surface area contributed by atoms with Crippen LogP contribution in [0.2, 0.25) is 10.0 Å². The smallest absolute Gasteiger partial charge is 0.255 e. The molecule has 0 aliphatic rings. The molecular formula is C21H14Cl2N2O2S. The first-order chi connectivity index (χ1) is 13.5. The van der Waals surface area contributed by atoms with Crippen LogP contribution in [0.15, 0.2) is 60.7 Å². The van der Waals surface area contributed by atoms with Crippen LogP contribution in [0, 0.1) is 0 Å². The van der Waals surface area contributed by atoms with Gasteiger partial charge in [-0.1, -0.05) is 41.4 Å². The van der Waals surface area contributed by atoms with E-state index in [1.165, 1.54) is 11.3 Å². The molecule has 0 aliphatic heterocycles. The second kappa shape index (κ2) is 7.80. The summed E-state index contributed by atoms with van der Waals surface area (Å²) in [6.45, 7) is 0. The van der Waals surface area contributed by atoms with Crippen LogP contribution < -0.4 is 10.1 Å². The molecule has 0 spiro atoms. The lowest BCUT2D eigenvalue weighted by atomic mass is 10.1. The number of hydrogen-bond donors (Lipinski definition) is 1. The Morgan fingerprint density at radius 2 is 1.89 bits per heavy atom. The molecule has 1 aromatic heterocycles. The van der Waals surface area contributed by atoms with Gasteiger partial charge in [0.2, 0.25) is 0 Å². The lowest BCUT2D eigenvalue weighted by molar-refractivity contribution is 0.102. The Hall–Kier alpha value is -2.60. The molecule has 0 radical (unpaired) electrons. The predicted octanol–water partition coefficient (Wildman–Crippen LogP) is 6.53. The van der Waals surface area contributed by atoms with Gasteiger partial charge in [0, 0.05) is 16.1 Å². The van der Waals surface area contributed by atoms with Crippen LogP contribution in [0.5, 0.6) is 5.75 Å². The van der Waals surface area contributed by atoms with Crippen molar-refractivity contribution in [3.8, 4) is 16.3 Å². The minimum atomic E-state index is -0.300. The third-order valence-electron chi connectivity index (χ3n) is 4.15. The zero-order valence-corrected chi connectivity index (χ0v) is 17.0. The van der Waals surface area contributed by atoms with Gasteiger partial charge < -0.3 is 10.1 Å². The average Bonchev–Trinajstić information content (AvgIpc) is 3.13. The zero-order chi connectivity index (χ0) is 19.7. The van der Waals surface area contributed by atoms with E-state index in [1.807, 2.05) is 24.3 Å². The predicted molar refractivity (Wildman–Crippen MR) is 116 cm³/mol. The fourth-order valence-corrected chi connectivity index (χ4v) is 4.34. The molecule has 0 bridgehead atoms. The van der Waals surface area contributed by atoms with Crippen molar-refractivity contribution in [3.63, 3.8) is 0 Å². The molecule has 0 atom stereocenters. The third-order valence-corrected chi connectivity index (χ3v) is 5.74. The van der Waals surface area contributed by atoms with Gasteiger partial charge in [-0.25, -0.2) is 4.98 Å². The number of methoxy groups -OCH3 is 1. The number of carbonyl (C=O) groups excluding carboxylic acids is 1. The number of hydrogen-bond acceptors (Lipinski definition) is 4. The van der Waals surface area contributed by atoms with E-state index >= 15 is 0 Å². The Labute approximate surface area is 175 Å². The van der Waals surface area contributed by atoms with E-state index in [9.17, 15) is 4.79 Å². The van der Waals surface area contributed by atoms with E-state index in [0.717, 1.165) is 15.2 Å². The van der Waals surface area contributed by atoms with Crippen LogP contribution in [0.1, 0.15) is 10.4 Å². The molecule has 28 heavy (non-hydrogen) atoms. The topological polar surface area (TPSA) is 51.2 Å². The molecule has 3 aromatic carbocycles. The molecule has 7 heteroatoms. The molecule has 1 heterocycles. The number of nitrogens with zero attached hydrogens (tertiary/aromatic N) is 1. The highest BCUT2D eigenvalue weighted by atomic mass is 35.5. The monoisotopic (exact) mass is 428 g/mol. The summed E-state index contributed by atoms with van der Waals surface area (Å²) in [6.07, 6.45) is 0. The molecule has 0 saturated carbocycles. The number of anilines is 1. The quantitative estimate of drug-likeness (QED) is 0.401. The van der Waals surface area contributed by atoms with Crippen LogP contribution >= 0.6 is 34.5 Å². The number of para-hydroxylation sites is 1. The molecule has 4 aromatic rings. The molecule has 0 aliphatic carbocycles. The normalized spacial score (nSPS) is 10.8. The maximum absolute atomic E-state index is 12.8. The van der Waals surface area contributed by atoms with Crippen LogP contribution in [-0.4, -0.2) is 18.0 Å². The lowest BCUT2D eigenvalue weighted by Gasteiger charge is -2.13. The SMILES string of the molecule is COc1cccc(C(=O)Nc2c(Cl)cc(Cl)cc2-c2nc3ccccc3s2)c1. The van der Waals surface area contributed by atoms with Crippen LogP contribution in [-0.2, 0) is 0 Å². The van der Waals surface area contributed by atoms with Gasteiger partial charge in [-0.05, 0) is 42.5 Å². The summed E-state index contributed by atoms with van der Waals surface area (Å²) in [5.74, 6) is 0.298. The van der Waals surface area contributed by atoms with Gasteiger partial charge in [0.25, 0.3) is 5.91 Å². The van der Waals surface area contributed by atoms with Gasteiger partial charge in [0.15, 0.2) is 0 Å². The fourth-order valence-electron chi connectivity index (χ4n) is 2.81. The Balaban J connectivity index is 1.77. The molecule has 0 saturated heterocycles. The standard InChI is InChI=1S/C21H14Cl2N2O2S/c1-27-14-6-4-5-12(9-14)20(26)25-19-15(10-13(22)11-16(19)23)21-24-17-7-2-3-8-18(17)28-21/h2-11H,1H3,(H,25,26). The van der Waals surface area contributed by atoms with E-state index in [4.69, 9.17) is 27.9 Å². The summed E-state index contributed by atoms with van der Waals surface area (Å²) in [6, 6.07) is 18.1. The van der Waals surface area contributed by atoms with E-state index in [1.54, 1.807) is 43.5 Å². The van der Waals surface area contributed by atoms with Gasteiger partial charge >= 0.3 is 0 Å². The molecule has 1 N–H and O–H groups in total. The molecule has 4 nitrogen and oxygen atoms in total. The Morgan fingerprint density at radius 1 is 1.07 bits per heavy atom. The van der Waals surface area contributed by atoms with E-state index in [0.29, 0.717) is 32.6 Å². The summed E-state index contributed by atoms with van der Waals surface area (Å²) < 4.78 is 6.23. The number of halogens is 2. The number of aromatic nitrogens is 1. The molecule has 0 unspecified atom stereocenters. The van der Waals surface area contributed by atoms with Crippen molar-refractivity contribution in [1.82, 2.24) is 4.98 Å². The number of carbonyl (C=O) groups is 1. The van der Waals surface area contributed by atoms with Crippen molar-refractivity contribution in [2.24, 2.45) is 0 Å². The van der Waals surface area contributed by atoms with E-state index in [-0.39, 0.29) is 5.91 Å². The van der Waals surface area contributed by atoms with Crippen molar-refractivity contribution in [1.29, 1.82) is 0 Å². The van der Waals surface area contributed by atoms with Crippen LogP contribution in [0.4, 0.5) is 5.69 Å².